The number of guanidine groups is 1. The zero-order chi connectivity index (χ0) is 18.2. The molecule has 6 heteroatoms. The minimum atomic E-state index is 0.562. The second kappa shape index (κ2) is 9.95. The van der Waals surface area contributed by atoms with Crippen LogP contribution in [0.4, 0.5) is 0 Å². The van der Waals surface area contributed by atoms with Crippen LogP contribution in [0, 0.1) is 6.92 Å². The molecule has 1 saturated heterocycles. The number of likely N-dealkylation sites (tertiary alicyclic amines) is 1. The third kappa shape index (κ3) is 5.47. The van der Waals surface area contributed by atoms with Crippen LogP contribution < -0.4 is 10.6 Å². The topological polar surface area (TPSA) is 57.5 Å². The van der Waals surface area contributed by atoms with Crippen molar-refractivity contribution in [3.05, 3.63) is 18.2 Å². The van der Waals surface area contributed by atoms with Gasteiger partial charge in [0, 0.05) is 57.7 Å². The molecule has 0 aromatic carbocycles. The van der Waals surface area contributed by atoms with Crippen LogP contribution >= 0.6 is 0 Å². The maximum absolute atomic E-state index is 4.41. The number of nitrogens with zero attached hydrogens (tertiary/aromatic N) is 4. The molecular weight excluding hydrogens is 324 g/mol. The van der Waals surface area contributed by atoms with Crippen LogP contribution in [0.15, 0.2) is 17.4 Å². The fraction of sp³-hybridized carbons (Fsp3) is 0.800. The van der Waals surface area contributed by atoms with Gasteiger partial charge in [0.1, 0.15) is 5.82 Å². The van der Waals surface area contributed by atoms with Gasteiger partial charge in [0.25, 0.3) is 0 Å². The second-order valence-electron chi connectivity index (χ2n) is 7.77. The molecule has 6 nitrogen and oxygen atoms in total. The van der Waals surface area contributed by atoms with Crippen molar-refractivity contribution in [3.63, 3.8) is 0 Å². The molecule has 2 heterocycles. The number of aryl methyl sites for hydroxylation is 2. The molecule has 2 N–H and O–H groups in total. The summed E-state index contributed by atoms with van der Waals surface area (Å²) in [7, 11) is 1.87. The smallest absolute Gasteiger partial charge is 0.191 e. The molecule has 2 fully saturated rings. The van der Waals surface area contributed by atoms with Crippen LogP contribution in [-0.4, -0.2) is 59.2 Å². The normalized spacial score (nSPS) is 20.6. The lowest BCUT2D eigenvalue weighted by molar-refractivity contribution is 0.150. The van der Waals surface area contributed by atoms with Gasteiger partial charge in [-0.25, -0.2) is 4.98 Å². The first-order chi connectivity index (χ1) is 12.8. The summed E-state index contributed by atoms with van der Waals surface area (Å²) in [5.74, 6) is 2.06. The summed E-state index contributed by atoms with van der Waals surface area (Å²) in [6, 6.07) is 1.43. The predicted molar refractivity (Wildman–Crippen MR) is 108 cm³/mol. The minimum absolute atomic E-state index is 0.562. The summed E-state index contributed by atoms with van der Waals surface area (Å²) in [5, 5.41) is 7.11. The Kier molecular flexibility index (Phi) is 7.35. The van der Waals surface area contributed by atoms with E-state index in [4.69, 9.17) is 0 Å². The summed E-state index contributed by atoms with van der Waals surface area (Å²) < 4.78 is 2.21. The van der Waals surface area contributed by atoms with Crippen molar-refractivity contribution < 1.29 is 0 Å². The average Bonchev–Trinajstić information content (AvgIpc) is 3.33. The quantitative estimate of drug-likeness (QED) is 0.446. The Balaban J connectivity index is 1.29. The Bertz CT molecular complexity index is 552. The molecule has 1 aliphatic carbocycles. The number of piperidine rings is 1. The summed E-state index contributed by atoms with van der Waals surface area (Å²) in [4.78, 5) is 11.4. The molecule has 3 rings (SSSR count). The Labute approximate surface area is 158 Å². The SMILES string of the molecule is CN=C(NCCCCn1ccnc1C)NC1CCN(C2CCCC2)CC1. The van der Waals surface area contributed by atoms with E-state index in [-0.39, 0.29) is 0 Å². The van der Waals surface area contributed by atoms with Crippen molar-refractivity contribution in [2.75, 3.05) is 26.7 Å². The van der Waals surface area contributed by atoms with Crippen LogP contribution in [0.25, 0.3) is 0 Å². The van der Waals surface area contributed by atoms with Crippen molar-refractivity contribution in [3.8, 4) is 0 Å². The van der Waals surface area contributed by atoms with Crippen LogP contribution in [0.5, 0.6) is 0 Å². The van der Waals surface area contributed by atoms with Gasteiger partial charge in [0.15, 0.2) is 5.96 Å². The van der Waals surface area contributed by atoms with Gasteiger partial charge in [0.2, 0.25) is 0 Å². The zero-order valence-corrected chi connectivity index (χ0v) is 16.6. The molecule has 0 unspecified atom stereocenters. The molecule has 0 atom stereocenters. The van der Waals surface area contributed by atoms with Crippen molar-refractivity contribution in [1.82, 2.24) is 25.1 Å². The molecule has 0 bridgehead atoms. The van der Waals surface area contributed by atoms with E-state index in [2.05, 4.69) is 43.2 Å². The van der Waals surface area contributed by atoms with Gasteiger partial charge in [-0.2, -0.15) is 0 Å². The minimum Gasteiger partial charge on any atom is -0.356 e. The Morgan fingerprint density at radius 1 is 1.19 bits per heavy atom. The first-order valence-corrected chi connectivity index (χ1v) is 10.4. The van der Waals surface area contributed by atoms with Crippen LogP contribution in [0.2, 0.25) is 0 Å². The predicted octanol–water partition coefficient (Wildman–Crippen LogP) is 2.54. The van der Waals surface area contributed by atoms with Crippen molar-refractivity contribution in [2.45, 2.75) is 76.9 Å². The lowest BCUT2D eigenvalue weighted by Crippen LogP contribution is -2.50. The van der Waals surface area contributed by atoms with Crippen molar-refractivity contribution in [2.24, 2.45) is 4.99 Å². The number of aliphatic imine (C=N–C) groups is 1. The monoisotopic (exact) mass is 360 g/mol. The summed E-state index contributed by atoms with van der Waals surface area (Å²) in [6.45, 7) is 6.54. The van der Waals surface area contributed by atoms with Crippen LogP contribution in [0.1, 0.15) is 57.2 Å². The fourth-order valence-electron chi connectivity index (χ4n) is 4.32. The largest absolute Gasteiger partial charge is 0.356 e. The van der Waals surface area contributed by atoms with Gasteiger partial charge < -0.3 is 20.1 Å². The second-order valence-corrected chi connectivity index (χ2v) is 7.77. The van der Waals surface area contributed by atoms with Gasteiger partial charge in [-0.3, -0.25) is 4.99 Å². The van der Waals surface area contributed by atoms with E-state index in [1.165, 1.54) is 51.6 Å². The summed E-state index contributed by atoms with van der Waals surface area (Å²) in [6.07, 6.45) is 14.4. The highest BCUT2D eigenvalue weighted by atomic mass is 15.2. The molecule has 0 radical (unpaired) electrons. The molecule has 1 aromatic heterocycles. The van der Waals surface area contributed by atoms with E-state index in [1.807, 2.05) is 13.2 Å². The first-order valence-electron chi connectivity index (χ1n) is 10.4. The molecule has 1 aliphatic heterocycles. The number of hydrogen-bond donors (Lipinski definition) is 2. The van der Waals surface area contributed by atoms with E-state index in [0.29, 0.717) is 6.04 Å². The third-order valence-electron chi connectivity index (χ3n) is 5.98. The van der Waals surface area contributed by atoms with E-state index < -0.39 is 0 Å². The third-order valence-corrected chi connectivity index (χ3v) is 5.98. The number of aromatic nitrogens is 2. The number of hydrogen-bond acceptors (Lipinski definition) is 3. The van der Waals surface area contributed by atoms with E-state index in [0.717, 1.165) is 43.8 Å². The summed E-state index contributed by atoms with van der Waals surface area (Å²) in [5.41, 5.74) is 0. The van der Waals surface area contributed by atoms with Crippen LogP contribution in [0.3, 0.4) is 0 Å². The number of rotatable bonds is 7. The van der Waals surface area contributed by atoms with Gasteiger partial charge in [0.05, 0.1) is 0 Å². The molecule has 1 saturated carbocycles. The van der Waals surface area contributed by atoms with E-state index in [1.54, 1.807) is 0 Å². The maximum Gasteiger partial charge on any atom is 0.191 e. The highest BCUT2D eigenvalue weighted by molar-refractivity contribution is 5.79. The highest BCUT2D eigenvalue weighted by Gasteiger charge is 2.27. The molecule has 2 aliphatic rings. The van der Waals surface area contributed by atoms with Gasteiger partial charge in [-0.1, -0.05) is 12.8 Å². The standard InChI is InChI=1S/C20H36N6/c1-17-22-12-16-25(17)13-6-5-11-23-20(21-2)24-18-9-14-26(15-10-18)19-7-3-4-8-19/h12,16,18-19H,3-11,13-15H2,1-2H3,(H2,21,23,24). The molecular formula is C20H36N6. The summed E-state index contributed by atoms with van der Waals surface area (Å²) >= 11 is 0. The fourth-order valence-corrected chi connectivity index (χ4v) is 4.32. The Morgan fingerprint density at radius 3 is 2.62 bits per heavy atom. The van der Waals surface area contributed by atoms with Gasteiger partial charge in [-0.05, 0) is 45.4 Å². The van der Waals surface area contributed by atoms with Gasteiger partial charge in [-0.15, -0.1) is 0 Å². The molecule has 1 aromatic rings. The number of imidazole rings is 1. The highest BCUT2D eigenvalue weighted by Crippen LogP contribution is 2.26. The van der Waals surface area contributed by atoms with Crippen molar-refractivity contribution >= 4 is 5.96 Å². The lowest BCUT2D eigenvalue weighted by Gasteiger charge is -2.36. The van der Waals surface area contributed by atoms with Crippen molar-refractivity contribution in [1.29, 1.82) is 0 Å². The Morgan fingerprint density at radius 2 is 1.96 bits per heavy atom. The molecule has 0 spiro atoms. The molecule has 146 valence electrons. The van der Waals surface area contributed by atoms with Gasteiger partial charge >= 0.3 is 0 Å². The zero-order valence-electron chi connectivity index (χ0n) is 16.6. The van der Waals surface area contributed by atoms with Crippen LogP contribution in [-0.2, 0) is 6.54 Å². The number of nitrogens with one attached hydrogen (secondary N) is 2. The lowest BCUT2D eigenvalue weighted by atomic mass is 10.0. The van der Waals surface area contributed by atoms with E-state index >= 15 is 0 Å². The van der Waals surface area contributed by atoms with E-state index in [9.17, 15) is 0 Å². The Hall–Kier alpha value is -1.56. The molecule has 26 heavy (non-hydrogen) atoms. The average molecular weight is 361 g/mol. The first kappa shape index (κ1) is 19.2. The molecule has 0 amide bonds. The number of unbranched alkanes of at least 4 members (excludes halogenated alkanes) is 1. The maximum atomic E-state index is 4.41.